The van der Waals surface area contributed by atoms with Gasteiger partial charge in [0.15, 0.2) is 0 Å². The predicted molar refractivity (Wildman–Crippen MR) is 131 cm³/mol. The number of nitrogens with zero attached hydrogens (tertiary/aromatic N) is 1. The Kier molecular flexibility index (Phi) is 11.0. The van der Waals surface area contributed by atoms with Crippen molar-refractivity contribution in [2.24, 2.45) is 11.8 Å². The fourth-order valence-corrected chi connectivity index (χ4v) is 4.10. The van der Waals surface area contributed by atoms with Crippen LogP contribution < -0.4 is 10.6 Å². The minimum Gasteiger partial charge on any atom is -0.461 e. The van der Waals surface area contributed by atoms with Crippen LogP contribution in [0.2, 0.25) is 0 Å². The minimum atomic E-state index is -0.763. The molecule has 2 atom stereocenters. The molecule has 0 radical (unpaired) electrons. The van der Waals surface area contributed by atoms with E-state index in [1.54, 1.807) is 12.3 Å². The zero-order chi connectivity index (χ0) is 25.1. The summed E-state index contributed by atoms with van der Waals surface area (Å²) in [4.78, 5) is 42.0. The van der Waals surface area contributed by atoms with Gasteiger partial charge in [-0.2, -0.15) is 0 Å². The zero-order valence-corrected chi connectivity index (χ0v) is 21.3. The molecule has 0 saturated heterocycles. The van der Waals surface area contributed by atoms with Crippen LogP contribution in [0.1, 0.15) is 74.6 Å². The smallest absolute Gasteiger partial charge is 0.408 e. The van der Waals surface area contributed by atoms with Gasteiger partial charge in [0.2, 0.25) is 10.9 Å². The Morgan fingerprint density at radius 1 is 0.971 bits per heavy atom. The van der Waals surface area contributed by atoms with Gasteiger partial charge in [0, 0.05) is 5.38 Å². The van der Waals surface area contributed by atoms with Crippen LogP contribution in [0.15, 0.2) is 35.7 Å². The van der Waals surface area contributed by atoms with Crippen molar-refractivity contribution in [3.05, 3.63) is 52.0 Å². The van der Waals surface area contributed by atoms with Gasteiger partial charge in [0.25, 0.3) is 0 Å². The fraction of sp³-hybridized carbons (Fsp3) is 0.520. The largest absolute Gasteiger partial charge is 0.461 e. The molecule has 0 aliphatic carbocycles. The molecule has 1 aromatic carbocycles. The first-order chi connectivity index (χ1) is 16.2. The molecule has 2 N–H and O–H groups in total. The number of hydrogen-bond donors (Lipinski definition) is 2. The number of nitrogens with one attached hydrogen (secondary N) is 2. The number of amides is 2. The van der Waals surface area contributed by atoms with E-state index in [1.165, 1.54) is 11.3 Å². The standard InChI is InChI=1S/C25H35N3O5S/c1-6-32-24(30)23-27-21(15-34-23)19(12-16(2)3)26-22(29)20(13-17(4)5)28-25(31)33-14-18-10-8-7-9-11-18/h7-11,15-17,19-20H,6,12-14H2,1-5H3,(H,26,29)(H,28,31). The van der Waals surface area contributed by atoms with Crippen LogP contribution in [0.25, 0.3) is 0 Å². The molecular formula is C25H35N3O5S. The molecule has 8 nitrogen and oxygen atoms in total. The molecular weight excluding hydrogens is 454 g/mol. The van der Waals surface area contributed by atoms with Crippen molar-refractivity contribution in [2.45, 2.75) is 66.2 Å². The number of ether oxygens (including phenoxy) is 2. The molecule has 2 rings (SSSR count). The number of benzene rings is 1. The number of aromatic nitrogens is 1. The fourth-order valence-electron chi connectivity index (χ4n) is 3.34. The molecule has 0 spiro atoms. The van der Waals surface area contributed by atoms with E-state index >= 15 is 0 Å². The van der Waals surface area contributed by atoms with E-state index in [9.17, 15) is 14.4 Å². The summed E-state index contributed by atoms with van der Waals surface area (Å²) in [5.41, 5.74) is 1.46. The van der Waals surface area contributed by atoms with Crippen LogP contribution in [-0.4, -0.2) is 35.6 Å². The second-order valence-electron chi connectivity index (χ2n) is 8.88. The maximum Gasteiger partial charge on any atom is 0.408 e. The first-order valence-corrected chi connectivity index (χ1v) is 12.5. The minimum absolute atomic E-state index is 0.119. The van der Waals surface area contributed by atoms with E-state index in [4.69, 9.17) is 9.47 Å². The molecule has 0 aliphatic rings. The van der Waals surface area contributed by atoms with Crippen molar-refractivity contribution in [3.63, 3.8) is 0 Å². The van der Waals surface area contributed by atoms with E-state index in [0.29, 0.717) is 18.5 Å². The number of rotatable bonds is 12. The summed E-state index contributed by atoms with van der Waals surface area (Å²) in [6.07, 6.45) is 0.430. The number of carbonyl (C=O) groups is 3. The van der Waals surface area contributed by atoms with Crippen molar-refractivity contribution < 1.29 is 23.9 Å². The Morgan fingerprint density at radius 2 is 1.65 bits per heavy atom. The van der Waals surface area contributed by atoms with Crippen molar-refractivity contribution in [1.29, 1.82) is 0 Å². The van der Waals surface area contributed by atoms with Gasteiger partial charge >= 0.3 is 12.1 Å². The monoisotopic (exact) mass is 489 g/mol. The average Bonchev–Trinajstić information content (AvgIpc) is 3.27. The molecule has 0 bridgehead atoms. The highest BCUT2D eigenvalue weighted by atomic mass is 32.1. The molecule has 2 aromatic rings. The van der Waals surface area contributed by atoms with E-state index in [2.05, 4.69) is 15.6 Å². The van der Waals surface area contributed by atoms with E-state index in [0.717, 1.165) is 5.56 Å². The van der Waals surface area contributed by atoms with Gasteiger partial charge in [-0.15, -0.1) is 11.3 Å². The lowest BCUT2D eigenvalue weighted by Crippen LogP contribution is -2.48. The van der Waals surface area contributed by atoms with Crippen LogP contribution in [0, 0.1) is 11.8 Å². The molecule has 1 heterocycles. The maximum absolute atomic E-state index is 13.2. The number of alkyl carbamates (subject to hydrolysis) is 1. The lowest BCUT2D eigenvalue weighted by atomic mass is 9.99. The van der Waals surface area contributed by atoms with Crippen LogP contribution in [0.4, 0.5) is 4.79 Å². The van der Waals surface area contributed by atoms with Crippen LogP contribution >= 0.6 is 11.3 Å². The van der Waals surface area contributed by atoms with Gasteiger partial charge in [-0.05, 0) is 37.2 Å². The Labute approximate surface area is 205 Å². The third-order valence-electron chi connectivity index (χ3n) is 4.88. The number of carbonyl (C=O) groups excluding carboxylic acids is 3. The summed E-state index contributed by atoms with van der Waals surface area (Å²) < 4.78 is 10.3. The lowest BCUT2D eigenvalue weighted by molar-refractivity contribution is -0.124. The van der Waals surface area contributed by atoms with Gasteiger partial charge in [-0.3, -0.25) is 4.79 Å². The highest BCUT2D eigenvalue weighted by Gasteiger charge is 2.27. The highest BCUT2D eigenvalue weighted by Crippen LogP contribution is 2.24. The summed E-state index contributed by atoms with van der Waals surface area (Å²) >= 11 is 1.19. The quantitative estimate of drug-likeness (QED) is 0.412. The van der Waals surface area contributed by atoms with Gasteiger partial charge in [-0.1, -0.05) is 58.0 Å². The van der Waals surface area contributed by atoms with Crippen molar-refractivity contribution in [2.75, 3.05) is 6.61 Å². The maximum atomic E-state index is 13.2. The molecule has 34 heavy (non-hydrogen) atoms. The number of thiazole rings is 1. The Hall–Kier alpha value is -2.94. The summed E-state index contributed by atoms with van der Waals surface area (Å²) in [5.74, 6) is -0.357. The molecule has 0 aliphatic heterocycles. The van der Waals surface area contributed by atoms with Crippen LogP contribution in [-0.2, 0) is 20.9 Å². The van der Waals surface area contributed by atoms with E-state index < -0.39 is 24.1 Å². The number of esters is 1. The Bertz CT molecular complexity index is 930. The van der Waals surface area contributed by atoms with Crippen LogP contribution in [0.5, 0.6) is 0 Å². The zero-order valence-electron chi connectivity index (χ0n) is 20.5. The van der Waals surface area contributed by atoms with Crippen molar-refractivity contribution in [1.82, 2.24) is 15.6 Å². The predicted octanol–water partition coefficient (Wildman–Crippen LogP) is 4.86. The molecule has 186 valence electrons. The van der Waals surface area contributed by atoms with Gasteiger partial charge < -0.3 is 20.1 Å². The molecule has 0 saturated carbocycles. The summed E-state index contributed by atoms with van der Waals surface area (Å²) in [6.45, 7) is 10.2. The first kappa shape index (κ1) is 27.3. The summed E-state index contributed by atoms with van der Waals surface area (Å²) in [5, 5.41) is 7.73. The topological polar surface area (TPSA) is 107 Å². The van der Waals surface area contributed by atoms with E-state index in [1.807, 2.05) is 58.0 Å². The SMILES string of the molecule is CCOC(=O)c1nc(C(CC(C)C)NC(=O)C(CC(C)C)NC(=O)OCc2ccccc2)cs1. The highest BCUT2D eigenvalue weighted by molar-refractivity contribution is 7.11. The normalized spacial score (nSPS) is 12.8. The average molecular weight is 490 g/mol. The van der Waals surface area contributed by atoms with Crippen molar-refractivity contribution in [3.8, 4) is 0 Å². The van der Waals surface area contributed by atoms with Crippen LogP contribution in [0.3, 0.4) is 0 Å². The third kappa shape index (κ3) is 9.13. The molecule has 2 unspecified atom stereocenters. The second kappa shape index (κ2) is 13.7. The molecule has 9 heteroatoms. The van der Waals surface area contributed by atoms with Gasteiger partial charge in [-0.25, -0.2) is 14.6 Å². The molecule has 0 fully saturated rings. The second-order valence-corrected chi connectivity index (χ2v) is 9.74. The first-order valence-electron chi connectivity index (χ1n) is 11.6. The van der Waals surface area contributed by atoms with E-state index in [-0.39, 0.29) is 36.0 Å². The summed E-state index contributed by atoms with van der Waals surface area (Å²) in [7, 11) is 0. The molecule has 1 aromatic heterocycles. The lowest BCUT2D eigenvalue weighted by Gasteiger charge is -2.24. The van der Waals surface area contributed by atoms with Gasteiger partial charge in [0.05, 0.1) is 18.3 Å². The molecule has 2 amide bonds. The Balaban J connectivity index is 2.08. The van der Waals surface area contributed by atoms with Crippen molar-refractivity contribution >= 4 is 29.3 Å². The number of hydrogen-bond acceptors (Lipinski definition) is 7. The van der Waals surface area contributed by atoms with Gasteiger partial charge in [0.1, 0.15) is 12.6 Å². The third-order valence-corrected chi connectivity index (χ3v) is 5.72. The summed E-state index contributed by atoms with van der Waals surface area (Å²) in [6, 6.07) is 8.18. The Morgan fingerprint density at radius 3 is 2.26 bits per heavy atom.